The van der Waals surface area contributed by atoms with Crippen LogP contribution in [-0.2, 0) is 14.3 Å². The highest BCUT2D eigenvalue weighted by Gasteiger charge is 2.13. The summed E-state index contributed by atoms with van der Waals surface area (Å²) in [5.41, 5.74) is 2.13. The maximum Gasteiger partial charge on any atom is 0.349 e. The van der Waals surface area contributed by atoms with E-state index in [-0.39, 0.29) is 5.57 Å². The van der Waals surface area contributed by atoms with Crippen LogP contribution in [0.15, 0.2) is 54.1 Å². The van der Waals surface area contributed by atoms with Crippen LogP contribution in [0.4, 0.5) is 11.4 Å². The van der Waals surface area contributed by atoms with Crippen molar-refractivity contribution in [3.8, 4) is 6.07 Å². The summed E-state index contributed by atoms with van der Waals surface area (Å²) in [7, 11) is 3.84. The molecule has 0 aliphatic rings. The fraction of sp³-hybridized carbons (Fsp3) is 0.150. The molecule has 0 bridgehead atoms. The Morgan fingerprint density at radius 1 is 1.22 bits per heavy atom. The highest BCUT2D eigenvalue weighted by atomic mass is 127. The normalized spacial score (nSPS) is 10.7. The number of amides is 1. The summed E-state index contributed by atoms with van der Waals surface area (Å²) in [4.78, 5) is 25.9. The van der Waals surface area contributed by atoms with Gasteiger partial charge in [0.1, 0.15) is 11.6 Å². The molecule has 2 aromatic carbocycles. The lowest BCUT2D eigenvalue weighted by molar-refractivity contribution is -0.142. The molecule has 138 valence electrons. The zero-order chi connectivity index (χ0) is 19.8. The number of ether oxygens (including phenoxy) is 1. The number of anilines is 2. The molecular formula is C20H18IN3O3. The highest BCUT2D eigenvalue weighted by molar-refractivity contribution is 14.1. The molecule has 2 aromatic rings. The average molecular weight is 475 g/mol. The Labute approximate surface area is 171 Å². The van der Waals surface area contributed by atoms with Gasteiger partial charge in [-0.05, 0) is 64.6 Å². The number of carbonyl (C=O) groups is 2. The Kier molecular flexibility index (Phi) is 7.37. The molecular weight excluding hydrogens is 457 g/mol. The molecule has 0 saturated carbocycles. The van der Waals surface area contributed by atoms with Gasteiger partial charge >= 0.3 is 5.97 Å². The van der Waals surface area contributed by atoms with Gasteiger partial charge in [-0.15, -0.1) is 0 Å². The number of hydrogen-bond acceptors (Lipinski definition) is 5. The monoisotopic (exact) mass is 475 g/mol. The minimum Gasteiger partial charge on any atom is -0.451 e. The van der Waals surface area contributed by atoms with Crippen molar-refractivity contribution in [2.24, 2.45) is 0 Å². The Morgan fingerprint density at radius 3 is 2.52 bits per heavy atom. The summed E-state index contributed by atoms with van der Waals surface area (Å²) < 4.78 is 5.91. The lowest BCUT2D eigenvalue weighted by Gasteiger charge is -2.11. The number of esters is 1. The molecule has 0 aromatic heterocycles. The molecule has 0 fully saturated rings. The summed E-state index contributed by atoms with van der Waals surface area (Å²) in [5.74, 6) is -1.31. The second kappa shape index (κ2) is 9.73. The molecule has 2 rings (SSSR count). The number of halogens is 1. The zero-order valence-electron chi connectivity index (χ0n) is 14.9. The Bertz CT molecular complexity index is 899. The van der Waals surface area contributed by atoms with Crippen molar-refractivity contribution in [3.63, 3.8) is 0 Å². The van der Waals surface area contributed by atoms with Gasteiger partial charge in [-0.3, -0.25) is 4.79 Å². The third-order valence-electron chi connectivity index (χ3n) is 3.50. The number of nitriles is 1. The van der Waals surface area contributed by atoms with E-state index >= 15 is 0 Å². The summed E-state index contributed by atoms with van der Waals surface area (Å²) in [6.07, 6.45) is 1.43. The van der Waals surface area contributed by atoms with Crippen molar-refractivity contribution in [1.82, 2.24) is 0 Å². The molecule has 1 amide bonds. The third kappa shape index (κ3) is 6.42. The summed E-state index contributed by atoms with van der Waals surface area (Å²) in [5, 5.41) is 11.8. The van der Waals surface area contributed by atoms with Crippen LogP contribution in [0.3, 0.4) is 0 Å². The predicted molar refractivity (Wildman–Crippen MR) is 113 cm³/mol. The largest absolute Gasteiger partial charge is 0.451 e. The van der Waals surface area contributed by atoms with Crippen molar-refractivity contribution >= 4 is 51.9 Å². The molecule has 0 unspecified atom stereocenters. The Balaban J connectivity index is 1.96. The molecule has 0 aliphatic heterocycles. The second-order valence-electron chi connectivity index (χ2n) is 5.79. The van der Waals surface area contributed by atoms with Crippen molar-refractivity contribution in [3.05, 3.63) is 63.2 Å². The topological polar surface area (TPSA) is 82.4 Å². The van der Waals surface area contributed by atoms with Gasteiger partial charge in [0.25, 0.3) is 5.91 Å². The van der Waals surface area contributed by atoms with Gasteiger partial charge in [-0.2, -0.15) is 5.26 Å². The van der Waals surface area contributed by atoms with Crippen LogP contribution >= 0.6 is 22.6 Å². The van der Waals surface area contributed by atoms with E-state index in [4.69, 9.17) is 4.74 Å². The van der Waals surface area contributed by atoms with Gasteiger partial charge in [0.05, 0.1) is 0 Å². The predicted octanol–water partition coefficient (Wildman–Crippen LogP) is 3.45. The molecule has 0 aliphatic carbocycles. The first kappa shape index (κ1) is 20.5. The number of benzene rings is 2. The number of hydrogen-bond donors (Lipinski definition) is 1. The molecule has 27 heavy (non-hydrogen) atoms. The number of carbonyl (C=O) groups excluding carboxylic acids is 2. The maximum absolute atomic E-state index is 12.1. The van der Waals surface area contributed by atoms with E-state index in [1.165, 1.54) is 6.08 Å². The third-order valence-corrected chi connectivity index (χ3v) is 4.17. The van der Waals surface area contributed by atoms with E-state index in [1.54, 1.807) is 24.3 Å². The van der Waals surface area contributed by atoms with Gasteiger partial charge in [0.2, 0.25) is 0 Å². The minimum absolute atomic E-state index is 0.172. The highest BCUT2D eigenvalue weighted by Crippen LogP contribution is 2.15. The van der Waals surface area contributed by atoms with Crippen molar-refractivity contribution in [1.29, 1.82) is 5.26 Å². The average Bonchev–Trinajstić information content (AvgIpc) is 2.64. The summed E-state index contributed by atoms with van der Waals surface area (Å²) >= 11 is 2.13. The van der Waals surface area contributed by atoms with Crippen molar-refractivity contribution in [2.75, 3.05) is 30.9 Å². The summed E-state index contributed by atoms with van der Waals surface area (Å²) in [6, 6.07) is 16.4. The van der Waals surface area contributed by atoms with E-state index in [2.05, 4.69) is 27.9 Å². The molecule has 0 radical (unpaired) electrons. The smallest absolute Gasteiger partial charge is 0.349 e. The van der Waals surface area contributed by atoms with Crippen LogP contribution in [0.5, 0.6) is 0 Å². The van der Waals surface area contributed by atoms with Gasteiger partial charge in [-0.1, -0.05) is 18.2 Å². The van der Waals surface area contributed by atoms with Gasteiger partial charge in [-0.25, -0.2) is 4.79 Å². The first-order valence-corrected chi connectivity index (χ1v) is 9.08. The lowest BCUT2D eigenvalue weighted by atomic mass is 10.1. The van der Waals surface area contributed by atoms with Crippen LogP contribution in [-0.4, -0.2) is 32.6 Å². The lowest BCUT2D eigenvalue weighted by Crippen LogP contribution is -2.21. The quantitative estimate of drug-likeness (QED) is 0.300. The molecule has 0 spiro atoms. The first-order chi connectivity index (χ1) is 12.9. The van der Waals surface area contributed by atoms with Gasteiger partial charge < -0.3 is 15.0 Å². The molecule has 0 heterocycles. The van der Waals surface area contributed by atoms with E-state index in [1.807, 2.05) is 49.3 Å². The van der Waals surface area contributed by atoms with E-state index < -0.39 is 18.5 Å². The molecule has 1 N–H and O–H groups in total. The van der Waals surface area contributed by atoms with E-state index in [0.29, 0.717) is 11.3 Å². The SMILES string of the molecule is CN(C)c1ccc(/C=C(\C#N)C(=O)OCC(=O)Nc2cccc(I)c2)cc1. The molecule has 7 heteroatoms. The second-order valence-corrected chi connectivity index (χ2v) is 7.04. The Morgan fingerprint density at radius 2 is 1.93 bits per heavy atom. The standard InChI is InChI=1S/C20H18IN3O3/c1-24(2)18-8-6-14(7-9-18)10-15(12-22)20(26)27-13-19(25)23-17-5-3-4-16(21)11-17/h3-11H,13H2,1-2H3,(H,23,25)/b15-10+. The van der Waals surface area contributed by atoms with Crippen LogP contribution < -0.4 is 10.2 Å². The zero-order valence-corrected chi connectivity index (χ0v) is 17.1. The minimum atomic E-state index is -0.841. The van der Waals surface area contributed by atoms with Crippen LogP contribution in [0.2, 0.25) is 0 Å². The van der Waals surface area contributed by atoms with Crippen molar-refractivity contribution < 1.29 is 14.3 Å². The number of nitrogens with one attached hydrogen (secondary N) is 1. The summed E-state index contributed by atoms with van der Waals surface area (Å²) in [6.45, 7) is -0.469. The fourth-order valence-electron chi connectivity index (χ4n) is 2.14. The first-order valence-electron chi connectivity index (χ1n) is 8.01. The molecule has 0 atom stereocenters. The maximum atomic E-state index is 12.1. The number of rotatable bonds is 6. The van der Waals surface area contributed by atoms with E-state index in [9.17, 15) is 14.9 Å². The van der Waals surface area contributed by atoms with Gasteiger partial charge in [0.15, 0.2) is 6.61 Å². The van der Waals surface area contributed by atoms with E-state index in [0.717, 1.165) is 9.26 Å². The van der Waals surface area contributed by atoms with Crippen LogP contribution in [0.1, 0.15) is 5.56 Å². The number of nitrogens with zero attached hydrogens (tertiary/aromatic N) is 2. The van der Waals surface area contributed by atoms with Crippen LogP contribution in [0, 0.1) is 14.9 Å². The van der Waals surface area contributed by atoms with Crippen molar-refractivity contribution in [2.45, 2.75) is 0 Å². The molecule has 0 saturated heterocycles. The van der Waals surface area contributed by atoms with Gasteiger partial charge in [0, 0.05) is 29.0 Å². The van der Waals surface area contributed by atoms with Crippen LogP contribution in [0.25, 0.3) is 6.08 Å². The fourth-order valence-corrected chi connectivity index (χ4v) is 2.69. The Hall–Kier alpha value is -2.86. The molecule has 6 nitrogen and oxygen atoms in total.